The lowest BCUT2D eigenvalue weighted by molar-refractivity contribution is 0.0469. The van der Waals surface area contributed by atoms with Gasteiger partial charge in [0.05, 0.1) is 19.3 Å². The predicted molar refractivity (Wildman–Crippen MR) is 99.9 cm³/mol. The first-order valence-corrected chi connectivity index (χ1v) is 8.25. The van der Waals surface area contributed by atoms with Gasteiger partial charge in [-0.3, -0.25) is 0 Å². The highest BCUT2D eigenvalue weighted by atomic mass is 16.5. The maximum Gasteiger partial charge on any atom is 0.322 e. The number of urea groups is 1. The van der Waals surface area contributed by atoms with Crippen molar-refractivity contribution in [1.29, 1.82) is 0 Å². The summed E-state index contributed by atoms with van der Waals surface area (Å²) in [4.78, 5) is 14.4. The molecule has 0 aliphatic carbocycles. The van der Waals surface area contributed by atoms with Crippen LogP contribution in [0, 0.1) is 6.92 Å². The van der Waals surface area contributed by atoms with E-state index >= 15 is 0 Å². The summed E-state index contributed by atoms with van der Waals surface area (Å²) in [6, 6.07) is 15.0. The Kier molecular flexibility index (Phi) is 6.04. The minimum absolute atomic E-state index is 0.225. The molecule has 0 aliphatic heterocycles. The van der Waals surface area contributed by atoms with Crippen LogP contribution >= 0.6 is 0 Å². The summed E-state index contributed by atoms with van der Waals surface area (Å²) in [5.74, 6) is 0.744. The van der Waals surface area contributed by atoms with Crippen LogP contribution in [0.2, 0.25) is 0 Å². The summed E-state index contributed by atoms with van der Waals surface area (Å²) < 4.78 is 5.19. The number of nitrogens with one attached hydrogen (secondary N) is 1. The Labute approximate surface area is 149 Å². The van der Waals surface area contributed by atoms with E-state index < -0.39 is 5.60 Å². The lowest BCUT2D eigenvalue weighted by Crippen LogP contribution is -2.43. The Morgan fingerprint density at radius 2 is 1.88 bits per heavy atom. The standard InChI is InChI=1S/C20H26N2O3/c1-15-12-17(25-4)10-11-18(15)21-19(23)22(14-20(2,3)24)13-16-8-6-5-7-9-16/h5-12,24H,13-14H2,1-4H3,(H,21,23). The fraction of sp³-hybridized carbons (Fsp3) is 0.350. The molecule has 5 heteroatoms. The molecule has 0 unspecified atom stereocenters. The third kappa shape index (κ3) is 5.80. The molecule has 0 bridgehead atoms. The van der Waals surface area contributed by atoms with Gasteiger partial charge in [0.2, 0.25) is 0 Å². The second-order valence-electron chi connectivity index (χ2n) is 6.77. The van der Waals surface area contributed by atoms with Gasteiger partial charge in [-0.25, -0.2) is 4.79 Å². The third-order valence-corrected chi connectivity index (χ3v) is 3.76. The van der Waals surface area contributed by atoms with E-state index in [0.29, 0.717) is 6.54 Å². The first kappa shape index (κ1) is 18.8. The largest absolute Gasteiger partial charge is 0.497 e. The number of ether oxygens (including phenoxy) is 1. The lowest BCUT2D eigenvalue weighted by Gasteiger charge is -2.29. The summed E-state index contributed by atoms with van der Waals surface area (Å²) >= 11 is 0. The fourth-order valence-electron chi connectivity index (χ4n) is 2.57. The number of nitrogens with zero attached hydrogens (tertiary/aromatic N) is 1. The molecule has 25 heavy (non-hydrogen) atoms. The molecule has 134 valence electrons. The number of carbonyl (C=O) groups is 1. The van der Waals surface area contributed by atoms with Gasteiger partial charge >= 0.3 is 6.03 Å². The number of aliphatic hydroxyl groups is 1. The number of hydrogen-bond donors (Lipinski definition) is 2. The maximum absolute atomic E-state index is 12.8. The van der Waals surface area contributed by atoms with Crippen molar-refractivity contribution in [3.05, 3.63) is 59.7 Å². The number of carbonyl (C=O) groups excluding carboxylic acids is 1. The van der Waals surface area contributed by atoms with Gasteiger partial charge in [0, 0.05) is 12.2 Å². The van der Waals surface area contributed by atoms with Crippen LogP contribution < -0.4 is 10.1 Å². The maximum atomic E-state index is 12.8. The van der Waals surface area contributed by atoms with Crippen LogP contribution in [0.25, 0.3) is 0 Å². The Bertz CT molecular complexity index is 709. The van der Waals surface area contributed by atoms with Gasteiger partial charge in [-0.05, 0) is 50.1 Å². The van der Waals surface area contributed by atoms with Crippen molar-refractivity contribution in [2.45, 2.75) is 32.9 Å². The highest BCUT2D eigenvalue weighted by molar-refractivity contribution is 5.90. The van der Waals surface area contributed by atoms with Gasteiger partial charge in [-0.2, -0.15) is 0 Å². The Morgan fingerprint density at radius 3 is 2.44 bits per heavy atom. The van der Waals surface area contributed by atoms with Crippen LogP contribution in [0.3, 0.4) is 0 Å². The van der Waals surface area contributed by atoms with E-state index in [4.69, 9.17) is 4.74 Å². The molecule has 0 fully saturated rings. The molecule has 0 atom stereocenters. The normalized spacial score (nSPS) is 11.1. The van der Waals surface area contributed by atoms with Crippen LogP contribution in [0.5, 0.6) is 5.75 Å². The number of rotatable bonds is 6. The third-order valence-electron chi connectivity index (χ3n) is 3.76. The number of anilines is 1. The minimum Gasteiger partial charge on any atom is -0.497 e. The SMILES string of the molecule is COc1ccc(NC(=O)N(Cc2ccccc2)CC(C)(C)O)c(C)c1. The van der Waals surface area contributed by atoms with Crippen LogP contribution in [-0.4, -0.2) is 35.3 Å². The number of aryl methyl sites for hydroxylation is 1. The Balaban J connectivity index is 2.17. The van der Waals surface area contributed by atoms with E-state index in [0.717, 1.165) is 22.6 Å². The number of benzene rings is 2. The first-order chi connectivity index (χ1) is 11.8. The van der Waals surface area contributed by atoms with Gasteiger partial charge in [0.1, 0.15) is 5.75 Å². The topological polar surface area (TPSA) is 61.8 Å². The van der Waals surface area contributed by atoms with Gasteiger partial charge in [0.25, 0.3) is 0 Å². The van der Waals surface area contributed by atoms with E-state index in [2.05, 4.69) is 5.32 Å². The number of methoxy groups -OCH3 is 1. The predicted octanol–water partition coefficient (Wildman–Crippen LogP) is 3.81. The second kappa shape index (κ2) is 8.03. The van der Waals surface area contributed by atoms with Crippen LogP contribution in [0.1, 0.15) is 25.0 Å². The van der Waals surface area contributed by atoms with Crippen molar-refractivity contribution in [1.82, 2.24) is 4.90 Å². The molecular weight excluding hydrogens is 316 g/mol. The Morgan fingerprint density at radius 1 is 1.20 bits per heavy atom. The van der Waals surface area contributed by atoms with Crippen molar-refractivity contribution in [2.75, 3.05) is 19.0 Å². The van der Waals surface area contributed by atoms with Crippen LogP contribution in [-0.2, 0) is 6.54 Å². The molecule has 2 N–H and O–H groups in total. The van der Waals surface area contributed by atoms with Crippen LogP contribution in [0.4, 0.5) is 10.5 Å². The molecule has 0 aliphatic rings. The smallest absolute Gasteiger partial charge is 0.322 e. The van der Waals surface area contributed by atoms with Gasteiger partial charge in [-0.1, -0.05) is 30.3 Å². The summed E-state index contributed by atoms with van der Waals surface area (Å²) in [5, 5.41) is 13.1. The molecule has 0 heterocycles. The number of hydrogen-bond acceptors (Lipinski definition) is 3. The molecule has 0 saturated heterocycles. The van der Waals surface area contributed by atoms with E-state index in [1.165, 1.54) is 0 Å². The zero-order valence-corrected chi connectivity index (χ0v) is 15.2. The summed E-state index contributed by atoms with van der Waals surface area (Å²) in [5.41, 5.74) is 1.66. The summed E-state index contributed by atoms with van der Waals surface area (Å²) in [6.45, 7) is 5.94. The molecule has 0 radical (unpaired) electrons. The highest BCUT2D eigenvalue weighted by Crippen LogP contribution is 2.22. The van der Waals surface area contributed by atoms with Crippen molar-refractivity contribution >= 4 is 11.7 Å². The monoisotopic (exact) mass is 342 g/mol. The first-order valence-electron chi connectivity index (χ1n) is 8.25. The van der Waals surface area contributed by atoms with E-state index in [1.54, 1.807) is 31.9 Å². The summed E-state index contributed by atoms with van der Waals surface area (Å²) in [6.07, 6.45) is 0. The highest BCUT2D eigenvalue weighted by Gasteiger charge is 2.23. The van der Waals surface area contributed by atoms with Crippen molar-refractivity contribution in [3.63, 3.8) is 0 Å². The lowest BCUT2D eigenvalue weighted by atomic mass is 10.1. The summed E-state index contributed by atoms with van der Waals surface area (Å²) in [7, 11) is 1.61. The molecular formula is C20H26N2O3. The molecule has 0 spiro atoms. The second-order valence-corrected chi connectivity index (χ2v) is 6.77. The molecule has 2 rings (SSSR count). The average Bonchev–Trinajstić information content (AvgIpc) is 2.55. The average molecular weight is 342 g/mol. The van der Waals surface area contributed by atoms with E-state index in [1.807, 2.05) is 49.4 Å². The minimum atomic E-state index is -0.985. The molecule has 0 aromatic heterocycles. The van der Waals surface area contributed by atoms with E-state index in [-0.39, 0.29) is 12.6 Å². The van der Waals surface area contributed by atoms with Gasteiger partial charge in [-0.15, -0.1) is 0 Å². The molecule has 0 saturated carbocycles. The van der Waals surface area contributed by atoms with E-state index in [9.17, 15) is 9.90 Å². The molecule has 2 amide bonds. The molecule has 2 aromatic rings. The van der Waals surface area contributed by atoms with Gasteiger partial charge in [0.15, 0.2) is 0 Å². The zero-order valence-electron chi connectivity index (χ0n) is 15.2. The van der Waals surface area contributed by atoms with Crippen LogP contribution in [0.15, 0.2) is 48.5 Å². The van der Waals surface area contributed by atoms with Crippen molar-refractivity contribution in [3.8, 4) is 5.75 Å². The van der Waals surface area contributed by atoms with Gasteiger partial charge < -0.3 is 20.1 Å². The zero-order chi connectivity index (χ0) is 18.4. The number of amides is 2. The van der Waals surface area contributed by atoms with Crippen molar-refractivity contribution < 1.29 is 14.6 Å². The quantitative estimate of drug-likeness (QED) is 0.839. The molecule has 5 nitrogen and oxygen atoms in total. The Hall–Kier alpha value is -2.53. The van der Waals surface area contributed by atoms with Crippen molar-refractivity contribution in [2.24, 2.45) is 0 Å². The fourth-order valence-corrected chi connectivity index (χ4v) is 2.57. The molecule has 2 aromatic carbocycles.